The minimum atomic E-state index is -0.475. The Kier molecular flexibility index (Phi) is 1.53. The Bertz CT molecular complexity index is 284. The van der Waals surface area contributed by atoms with Gasteiger partial charge in [-0.15, -0.1) is 0 Å². The molecule has 0 aliphatic heterocycles. The summed E-state index contributed by atoms with van der Waals surface area (Å²) in [6, 6.07) is 0. The third-order valence-corrected chi connectivity index (χ3v) is 1.32. The van der Waals surface area contributed by atoms with Gasteiger partial charge in [0.15, 0.2) is 5.76 Å². The minimum absolute atomic E-state index is 0.273. The van der Waals surface area contributed by atoms with Crippen LogP contribution in [0.5, 0.6) is 5.75 Å². The number of rotatable bonds is 1. The Morgan fingerprint density at radius 1 is 1.70 bits per heavy atom. The molecule has 56 valence electrons. The van der Waals surface area contributed by atoms with E-state index in [2.05, 4.69) is 0 Å². The largest absolute Gasteiger partial charge is 0.501 e. The summed E-state index contributed by atoms with van der Waals surface area (Å²) in [4.78, 5) is 10.8. The van der Waals surface area contributed by atoms with Gasteiger partial charge >= 0.3 is 5.56 Å². The van der Waals surface area contributed by atoms with Crippen molar-refractivity contribution in [3.63, 3.8) is 0 Å². The predicted octanol–water partition coefficient (Wildman–Crippen LogP) is 0.246. The Morgan fingerprint density at radius 2 is 2.30 bits per heavy atom. The Morgan fingerprint density at radius 3 is 2.50 bits per heavy atom. The van der Waals surface area contributed by atoms with Crippen molar-refractivity contribution < 1.29 is 9.63 Å². The van der Waals surface area contributed by atoms with Crippen LogP contribution in [0.1, 0.15) is 12.7 Å². The molecule has 0 bridgehead atoms. The van der Waals surface area contributed by atoms with Crippen molar-refractivity contribution in [1.82, 2.24) is 4.74 Å². The van der Waals surface area contributed by atoms with Crippen LogP contribution in [0, 0.1) is 0 Å². The van der Waals surface area contributed by atoms with Crippen LogP contribution in [0.4, 0.5) is 0 Å². The molecule has 1 aromatic rings. The predicted molar refractivity (Wildman–Crippen MR) is 35.0 cm³/mol. The van der Waals surface area contributed by atoms with Gasteiger partial charge in [-0.1, -0.05) is 6.92 Å². The third kappa shape index (κ3) is 0.814. The molecule has 10 heavy (non-hydrogen) atoms. The van der Waals surface area contributed by atoms with E-state index < -0.39 is 5.56 Å². The van der Waals surface area contributed by atoms with Crippen molar-refractivity contribution in [3.8, 4) is 5.75 Å². The van der Waals surface area contributed by atoms with Crippen molar-refractivity contribution in [3.05, 3.63) is 16.1 Å². The Balaban J connectivity index is 3.31. The zero-order chi connectivity index (χ0) is 7.72. The monoisotopic (exact) mass is 143 g/mol. The molecule has 0 spiro atoms. The summed E-state index contributed by atoms with van der Waals surface area (Å²) in [5.74, 6) is 0.0671. The summed E-state index contributed by atoms with van der Waals surface area (Å²) in [5.41, 5.74) is -0.475. The highest BCUT2D eigenvalue weighted by molar-refractivity contribution is 5.19. The van der Waals surface area contributed by atoms with Gasteiger partial charge in [-0.2, -0.15) is 4.74 Å². The number of hydrogen-bond donors (Lipinski definition) is 1. The molecular formula is C6H9NO3. The molecule has 0 aliphatic rings. The molecule has 0 atom stereocenters. The summed E-state index contributed by atoms with van der Waals surface area (Å²) in [6.07, 6.45) is 0.530. The zero-order valence-corrected chi connectivity index (χ0v) is 5.92. The molecule has 0 saturated carbocycles. The molecule has 0 unspecified atom stereocenters. The van der Waals surface area contributed by atoms with Gasteiger partial charge in [-0.3, -0.25) is 4.79 Å². The SMILES string of the molecule is CCc1on(C)c(=O)c1O. The van der Waals surface area contributed by atoms with E-state index in [-0.39, 0.29) is 5.75 Å². The second kappa shape index (κ2) is 2.21. The van der Waals surface area contributed by atoms with Crippen LogP contribution in [0.3, 0.4) is 0 Å². The van der Waals surface area contributed by atoms with Gasteiger partial charge in [0.2, 0.25) is 5.75 Å². The molecule has 0 aliphatic carbocycles. The van der Waals surface area contributed by atoms with E-state index in [1.165, 1.54) is 7.05 Å². The number of aryl methyl sites for hydroxylation is 2. The summed E-state index contributed by atoms with van der Waals surface area (Å²) in [5, 5.41) is 8.99. The fraction of sp³-hybridized carbons (Fsp3) is 0.500. The van der Waals surface area contributed by atoms with Crippen molar-refractivity contribution in [2.45, 2.75) is 13.3 Å². The summed E-state index contributed by atoms with van der Waals surface area (Å²) in [7, 11) is 1.46. The quantitative estimate of drug-likeness (QED) is 0.613. The molecule has 0 radical (unpaired) electrons. The zero-order valence-electron chi connectivity index (χ0n) is 5.92. The van der Waals surface area contributed by atoms with Crippen molar-refractivity contribution >= 4 is 0 Å². The first-order valence-corrected chi connectivity index (χ1v) is 3.05. The Hall–Kier alpha value is -1.19. The molecule has 0 amide bonds. The topological polar surface area (TPSA) is 55.4 Å². The number of nitrogens with zero attached hydrogens (tertiary/aromatic N) is 1. The fourth-order valence-corrected chi connectivity index (χ4v) is 0.750. The maximum absolute atomic E-state index is 10.8. The first-order valence-electron chi connectivity index (χ1n) is 3.05. The lowest BCUT2D eigenvalue weighted by molar-refractivity contribution is 0.275. The van der Waals surface area contributed by atoms with E-state index in [1.807, 2.05) is 0 Å². The molecule has 0 saturated heterocycles. The van der Waals surface area contributed by atoms with Gasteiger partial charge in [-0.05, 0) is 0 Å². The van der Waals surface area contributed by atoms with E-state index in [9.17, 15) is 4.79 Å². The highest BCUT2D eigenvalue weighted by atomic mass is 16.5. The van der Waals surface area contributed by atoms with Gasteiger partial charge in [0.25, 0.3) is 0 Å². The molecule has 0 aromatic carbocycles. The molecule has 1 N–H and O–H groups in total. The van der Waals surface area contributed by atoms with Gasteiger partial charge < -0.3 is 9.63 Å². The van der Waals surface area contributed by atoms with E-state index in [1.54, 1.807) is 6.92 Å². The second-order valence-corrected chi connectivity index (χ2v) is 2.02. The average molecular weight is 143 g/mol. The van der Waals surface area contributed by atoms with E-state index in [0.717, 1.165) is 4.74 Å². The van der Waals surface area contributed by atoms with Gasteiger partial charge in [0, 0.05) is 13.5 Å². The normalized spacial score (nSPS) is 10.2. The van der Waals surface area contributed by atoms with Crippen molar-refractivity contribution in [2.24, 2.45) is 7.05 Å². The van der Waals surface area contributed by atoms with Crippen molar-refractivity contribution in [2.75, 3.05) is 0 Å². The molecule has 1 heterocycles. The van der Waals surface area contributed by atoms with Crippen LogP contribution in [0.2, 0.25) is 0 Å². The minimum Gasteiger partial charge on any atom is -0.501 e. The van der Waals surface area contributed by atoms with Gasteiger partial charge in [0.1, 0.15) is 0 Å². The Labute approximate surface area is 57.7 Å². The van der Waals surface area contributed by atoms with Gasteiger partial charge in [0.05, 0.1) is 0 Å². The number of aromatic hydroxyl groups is 1. The number of hydrogen-bond acceptors (Lipinski definition) is 3. The molecule has 4 nitrogen and oxygen atoms in total. The average Bonchev–Trinajstić information content (AvgIpc) is 2.17. The molecule has 1 aromatic heterocycles. The first-order chi connectivity index (χ1) is 4.66. The smallest absolute Gasteiger partial charge is 0.324 e. The van der Waals surface area contributed by atoms with Crippen LogP contribution < -0.4 is 5.56 Å². The molecule has 0 fully saturated rings. The maximum atomic E-state index is 10.8. The fourth-order valence-electron chi connectivity index (χ4n) is 0.750. The summed E-state index contributed by atoms with van der Waals surface area (Å²) >= 11 is 0. The van der Waals surface area contributed by atoms with Crippen LogP contribution >= 0.6 is 0 Å². The third-order valence-electron chi connectivity index (χ3n) is 1.32. The maximum Gasteiger partial charge on any atom is 0.324 e. The lowest BCUT2D eigenvalue weighted by atomic mass is 10.3. The van der Waals surface area contributed by atoms with Gasteiger partial charge in [-0.25, -0.2) is 0 Å². The molecular weight excluding hydrogens is 134 g/mol. The molecule has 4 heteroatoms. The first kappa shape index (κ1) is 6.92. The highest BCUT2D eigenvalue weighted by Crippen LogP contribution is 2.10. The summed E-state index contributed by atoms with van der Waals surface area (Å²) in [6.45, 7) is 1.80. The summed E-state index contributed by atoms with van der Waals surface area (Å²) < 4.78 is 5.86. The van der Waals surface area contributed by atoms with E-state index in [0.29, 0.717) is 12.2 Å². The van der Waals surface area contributed by atoms with Crippen LogP contribution in [-0.2, 0) is 13.5 Å². The van der Waals surface area contributed by atoms with Crippen LogP contribution in [0.25, 0.3) is 0 Å². The van der Waals surface area contributed by atoms with Crippen molar-refractivity contribution in [1.29, 1.82) is 0 Å². The standard InChI is InChI=1S/C6H9NO3/c1-3-4-5(8)6(9)7(2)10-4/h8H,3H2,1-2H3. The lowest BCUT2D eigenvalue weighted by Gasteiger charge is -1.85. The number of aromatic nitrogens is 1. The van der Waals surface area contributed by atoms with Crippen LogP contribution in [0.15, 0.2) is 9.32 Å². The molecule has 1 rings (SSSR count). The lowest BCUT2D eigenvalue weighted by Crippen LogP contribution is -2.08. The second-order valence-electron chi connectivity index (χ2n) is 2.02. The van der Waals surface area contributed by atoms with Crippen LogP contribution in [-0.4, -0.2) is 9.85 Å². The van der Waals surface area contributed by atoms with E-state index >= 15 is 0 Å². The van der Waals surface area contributed by atoms with E-state index in [4.69, 9.17) is 9.63 Å². The highest BCUT2D eigenvalue weighted by Gasteiger charge is 2.10.